The van der Waals surface area contributed by atoms with E-state index < -0.39 is 0 Å². The number of para-hydroxylation sites is 1. The summed E-state index contributed by atoms with van der Waals surface area (Å²) in [4.78, 5) is 10.5. The molecule has 0 heterocycles. The molecule has 2 aromatic carbocycles. The second kappa shape index (κ2) is 5.82. The van der Waals surface area contributed by atoms with Crippen LogP contribution >= 0.6 is 0 Å². The van der Waals surface area contributed by atoms with E-state index >= 15 is 0 Å². The molecule has 0 bridgehead atoms. The first-order valence-electron chi connectivity index (χ1n) is 5.69. The van der Waals surface area contributed by atoms with E-state index in [2.05, 4.69) is 6.58 Å². The lowest BCUT2D eigenvalue weighted by atomic mass is 10.00. The molecule has 2 heteroatoms. The molecule has 2 aromatic rings. The Morgan fingerprint density at radius 2 is 1.89 bits per heavy atom. The minimum absolute atomic E-state index is 0.554. The number of allylic oxidation sites excluding steroid dienone is 1. The Bertz CT molecular complexity index is 544. The fraction of sp³-hybridized carbons (Fsp3) is 0.0625. The highest BCUT2D eigenvalue weighted by Gasteiger charge is 2.10. The van der Waals surface area contributed by atoms with Gasteiger partial charge in [-0.3, -0.25) is 0 Å². The number of hydrogen-bond acceptors (Lipinski definition) is 2. The van der Waals surface area contributed by atoms with Crippen LogP contribution in [0.15, 0.2) is 61.2 Å². The molecule has 0 fully saturated rings. The van der Waals surface area contributed by atoms with Gasteiger partial charge < -0.3 is 4.74 Å². The van der Waals surface area contributed by atoms with Crippen molar-refractivity contribution in [2.75, 3.05) is 0 Å². The van der Waals surface area contributed by atoms with Crippen LogP contribution in [0.1, 0.15) is 5.56 Å². The van der Waals surface area contributed by atoms with Gasteiger partial charge in [-0.25, -0.2) is 4.79 Å². The summed E-state index contributed by atoms with van der Waals surface area (Å²) in [5.41, 5.74) is 2.82. The molecule has 0 N–H and O–H groups in total. The van der Waals surface area contributed by atoms with Gasteiger partial charge in [0.15, 0.2) is 0 Å². The van der Waals surface area contributed by atoms with Gasteiger partial charge in [0.05, 0.1) is 0 Å². The van der Waals surface area contributed by atoms with Gasteiger partial charge in [-0.15, -0.1) is 6.58 Å². The Balaban J connectivity index is 2.55. The Morgan fingerprint density at radius 1 is 1.11 bits per heavy atom. The van der Waals surface area contributed by atoms with E-state index in [1.807, 2.05) is 48.5 Å². The SMILES string of the molecule is C=CCc1cccc(-c2ccccc2)c1O[C]=O. The lowest BCUT2D eigenvalue weighted by Crippen LogP contribution is -1.96. The van der Waals surface area contributed by atoms with Crippen LogP contribution in [0.25, 0.3) is 11.1 Å². The first-order chi connectivity index (χ1) is 8.86. The monoisotopic (exact) mass is 237 g/mol. The van der Waals surface area contributed by atoms with E-state index in [-0.39, 0.29) is 0 Å². The predicted molar refractivity (Wildman–Crippen MR) is 72.1 cm³/mol. The molecule has 0 amide bonds. The highest BCUT2D eigenvalue weighted by molar-refractivity contribution is 5.74. The van der Waals surface area contributed by atoms with Gasteiger partial charge in [0, 0.05) is 5.56 Å². The van der Waals surface area contributed by atoms with Gasteiger partial charge in [-0.1, -0.05) is 54.6 Å². The van der Waals surface area contributed by atoms with Crippen LogP contribution in [0.2, 0.25) is 0 Å². The van der Waals surface area contributed by atoms with Crippen molar-refractivity contribution in [2.24, 2.45) is 0 Å². The third-order valence-corrected chi connectivity index (χ3v) is 2.69. The molecule has 0 aliphatic rings. The van der Waals surface area contributed by atoms with Crippen LogP contribution in [0.3, 0.4) is 0 Å². The van der Waals surface area contributed by atoms with Crippen molar-refractivity contribution in [3.05, 3.63) is 66.7 Å². The first kappa shape index (κ1) is 12.1. The van der Waals surface area contributed by atoms with Crippen LogP contribution in [-0.4, -0.2) is 6.47 Å². The average Bonchev–Trinajstić information content (AvgIpc) is 2.42. The van der Waals surface area contributed by atoms with E-state index in [1.165, 1.54) is 6.47 Å². The highest BCUT2D eigenvalue weighted by atomic mass is 16.5. The molecule has 0 aliphatic heterocycles. The van der Waals surface area contributed by atoms with Gasteiger partial charge in [-0.2, -0.15) is 0 Å². The zero-order valence-corrected chi connectivity index (χ0v) is 9.93. The Hall–Kier alpha value is -2.35. The minimum Gasteiger partial charge on any atom is -0.417 e. The molecule has 0 spiro atoms. The van der Waals surface area contributed by atoms with E-state index in [0.717, 1.165) is 16.7 Å². The summed E-state index contributed by atoms with van der Waals surface area (Å²) in [6, 6.07) is 15.6. The molecule has 18 heavy (non-hydrogen) atoms. The molecule has 0 unspecified atom stereocenters. The fourth-order valence-electron chi connectivity index (χ4n) is 1.91. The largest absolute Gasteiger partial charge is 0.423 e. The zero-order valence-electron chi connectivity index (χ0n) is 9.93. The van der Waals surface area contributed by atoms with Crippen molar-refractivity contribution < 1.29 is 9.53 Å². The predicted octanol–water partition coefficient (Wildman–Crippen LogP) is 3.53. The lowest BCUT2D eigenvalue weighted by molar-refractivity contribution is 0.441. The number of benzene rings is 2. The first-order valence-corrected chi connectivity index (χ1v) is 5.69. The number of rotatable bonds is 5. The zero-order chi connectivity index (χ0) is 12.8. The van der Waals surface area contributed by atoms with E-state index in [4.69, 9.17) is 4.74 Å². The number of carbonyl (C=O) groups excluding carboxylic acids is 1. The van der Waals surface area contributed by atoms with Crippen LogP contribution in [0.5, 0.6) is 5.75 Å². The molecular formula is C16H13O2. The minimum atomic E-state index is 0.554. The van der Waals surface area contributed by atoms with Gasteiger partial charge in [0.2, 0.25) is 0 Å². The topological polar surface area (TPSA) is 26.3 Å². The molecule has 0 saturated heterocycles. The van der Waals surface area contributed by atoms with Crippen LogP contribution in [-0.2, 0) is 11.2 Å². The highest BCUT2D eigenvalue weighted by Crippen LogP contribution is 2.33. The van der Waals surface area contributed by atoms with Crippen molar-refractivity contribution in [3.8, 4) is 16.9 Å². The van der Waals surface area contributed by atoms with Gasteiger partial charge in [0.25, 0.3) is 0 Å². The summed E-state index contributed by atoms with van der Waals surface area (Å²) in [6.07, 6.45) is 2.43. The van der Waals surface area contributed by atoms with Crippen molar-refractivity contribution >= 4 is 6.47 Å². The summed E-state index contributed by atoms with van der Waals surface area (Å²) in [5.74, 6) is 0.554. The second-order valence-electron chi connectivity index (χ2n) is 3.84. The average molecular weight is 237 g/mol. The van der Waals surface area contributed by atoms with Crippen molar-refractivity contribution in [3.63, 3.8) is 0 Å². The summed E-state index contributed by atoms with van der Waals surface area (Å²) >= 11 is 0. The maximum atomic E-state index is 10.5. The quantitative estimate of drug-likeness (QED) is 0.743. The molecule has 0 aliphatic carbocycles. The van der Waals surface area contributed by atoms with E-state index in [0.29, 0.717) is 12.2 Å². The summed E-state index contributed by atoms with van der Waals surface area (Å²) in [7, 11) is 0. The summed E-state index contributed by atoms with van der Waals surface area (Å²) < 4.78 is 5.02. The Kier molecular flexibility index (Phi) is 3.92. The van der Waals surface area contributed by atoms with Gasteiger partial charge in [0.1, 0.15) is 5.75 Å². The molecule has 2 nitrogen and oxygen atoms in total. The number of ether oxygens (including phenoxy) is 1. The maximum Gasteiger partial charge on any atom is 0.423 e. The second-order valence-corrected chi connectivity index (χ2v) is 3.84. The molecule has 89 valence electrons. The Labute approximate surface area is 107 Å². The molecular weight excluding hydrogens is 224 g/mol. The Morgan fingerprint density at radius 3 is 2.56 bits per heavy atom. The summed E-state index contributed by atoms with van der Waals surface area (Å²) in [6.45, 7) is 5.21. The summed E-state index contributed by atoms with van der Waals surface area (Å²) in [5, 5.41) is 0. The maximum absolute atomic E-state index is 10.5. The van der Waals surface area contributed by atoms with Crippen molar-refractivity contribution in [2.45, 2.75) is 6.42 Å². The van der Waals surface area contributed by atoms with Crippen LogP contribution in [0.4, 0.5) is 0 Å². The normalized spacial score (nSPS) is 9.78. The fourth-order valence-corrected chi connectivity index (χ4v) is 1.91. The van der Waals surface area contributed by atoms with Gasteiger partial charge in [-0.05, 0) is 17.5 Å². The van der Waals surface area contributed by atoms with Crippen LogP contribution in [0, 0.1) is 0 Å². The molecule has 0 atom stereocenters. The van der Waals surface area contributed by atoms with E-state index in [1.54, 1.807) is 6.08 Å². The molecule has 0 saturated carbocycles. The van der Waals surface area contributed by atoms with E-state index in [9.17, 15) is 4.79 Å². The third kappa shape index (κ3) is 2.48. The number of hydrogen-bond donors (Lipinski definition) is 0. The van der Waals surface area contributed by atoms with Crippen molar-refractivity contribution in [1.82, 2.24) is 0 Å². The van der Waals surface area contributed by atoms with Gasteiger partial charge >= 0.3 is 6.47 Å². The molecule has 0 aromatic heterocycles. The molecule has 2 rings (SSSR count). The third-order valence-electron chi connectivity index (χ3n) is 2.69. The standard InChI is InChI=1S/C16H13O2/c1-2-7-14-10-6-11-15(16(14)18-12-17)13-8-4-3-5-9-13/h2-6,8-11H,1,7H2. The smallest absolute Gasteiger partial charge is 0.417 e. The van der Waals surface area contributed by atoms with Crippen molar-refractivity contribution in [1.29, 1.82) is 0 Å². The lowest BCUT2D eigenvalue weighted by Gasteiger charge is -2.11. The molecule has 1 radical (unpaired) electrons. The van der Waals surface area contributed by atoms with Crippen LogP contribution < -0.4 is 4.74 Å².